The first-order valence-electron chi connectivity index (χ1n) is 35.0. The summed E-state index contributed by atoms with van der Waals surface area (Å²) in [5.74, 6) is 1.18. The second-order valence-electron chi connectivity index (χ2n) is 21.8. The van der Waals surface area contributed by atoms with E-state index < -0.39 is 12.2 Å². The van der Waals surface area contributed by atoms with Crippen LogP contribution in [-0.2, 0) is 98.1 Å². The molecule has 0 saturated carbocycles. The Bertz CT molecular complexity index is 1710. The van der Waals surface area contributed by atoms with Crippen LogP contribution in [0.5, 0.6) is 11.5 Å². The molecule has 0 aliphatic heterocycles. The molecule has 0 aromatic heterocycles. The van der Waals surface area contributed by atoms with Gasteiger partial charge in [-0.05, 0) is 48.9 Å². The van der Waals surface area contributed by atoms with Crippen LogP contribution in [0.25, 0.3) is 0 Å². The van der Waals surface area contributed by atoms with Gasteiger partial charge in [0.05, 0.1) is 251 Å². The Balaban J connectivity index is 1.87. The predicted molar refractivity (Wildman–Crippen MR) is 355 cm³/mol. The largest absolute Gasteiger partial charge is 0.457 e. The molecular formula is C70H126O23. The lowest BCUT2D eigenvalue weighted by molar-refractivity contribution is -0.0383. The Morgan fingerprint density at radius 3 is 0.699 bits per heavy atom. The van der Waals surface area contributed by atoms with Gasteiger partial charge in [-0.2, -0.15) is 0 Å². The summed E-state index contributed by atoms with van der Waals surface area (Å²) in [5, 5.41) is 39.4. The highest BCUT2D eigenvalue weighted by Gasteiger charge is 2.25. The Kier molecular flexibility index (Phi) is 64.4. The lowest BCUT2D eigenvalue weighted by Gasteiger charge is -2.26. The minimum absolute atomic E-state index is 0.00814. The summed E-state index contributed by atoms with van der Waals surface area (Å²) in [6.07, 6.45) is 16.7. The van der Waals surface area contributed by atoms with Gasteiger partial charge in [0.25, 0.3) is 0 Å². The van der Waals surface area contributed by atoms with Crippen molar-refractivity contribution in [3.63, 3.8) is 0 Å². The van der Waals surface area contributed by atoms with Crippen molar-refractivity contribution in [2.75, 3.05) is 251 Å². The van der Waals surface area contributed by atoms with E-state index in [1.54, 1.807) is 0 Å². The molecular weight excluding hydrogens is 1210 g/mol. The lowest BCUT2D eigenvalue weighted by Crippen LogP contribution is -2.18. The number of benzene rings is 2. The molecule has 544 valence electrons. The highest BCUT2D eigenvalue weighted by atomic mass is 16.6. The molecule has 0 amide bonds. The van der Waals surface area contributed by atoms with E-state index in [1.807, 2.05) is 24.3 Å². The van der Waals surface area contributed by atoms with E-state index in [4.69, 9.17) is 100 Å². The minimum atomic E-state index is -0.679. The maximum absolute atomic E-state index is 11.0. The number of hydrogen-bond donors (Lipinski definition) is 4. The SMILES string of the molecule is CCCCCCCCCc1cccc(Oc2cccc(CCCCCCCCC)c2C(CO)OCCOCCOCCOCCOCCOCCOCCOCCOCCO)c1C(CO)OCCOCCOCCOCCOCCOCCOCCOCCOCCO. The van der Waals surface area contributed by atoms with Crippen molar-refractivity contribution in [1.82, 2.24) is 0 Å². The van der Waals surface area contributed by atoms with Crippen molar-refractivity contribution in [3.05, 3.63) is 58.7 Å². The molecule has 2 aromatic rings. The molecule has 0 saturated heterocycles. The summed E-state index contributed by atoms with van der Waals surface area (Å²) in [6.45, 7) is 18.3. The number of aliphatic hydroxyl groups excluding tert-OH is 4. The predicted octanol–water partition coefficient (Wildman–Crippen LogP) is 8.42. The van der Waals surface area contributed by atoms with Gasteiger partial charge < -0.3 is 110 Å². The van der Waals surface area contributed by atoms with Gasteiger partial charge in [-0.25, -0.2) is 0 Å². The fourth-order valence-corrected chi connectivity index (χ4v) is 9.55. The van der Waals surface area contributed by atoms with E-state index in [0.717, 1.165) is 60.8 Å². The highest BCUT2D eigenvalue weighted by molar-refractivity contribution is 5.49. The summed E-state index contributed by atoms with van der Waals surface area (Å²) < 4.78 is 109. The molecule has 0 radical (unpaired) electrons. The average molecular weight is 1340 g/mol. The molecule has 2 aromatic carbocycles. The molecule has 0 aliphatic rings. The standard InChI is InChI=1S/C70H126O23/c1-3-5-7-9-11-13-15-19-63-21-17-23-65(69(63)67(61-73)91-59-57-89-55-53-87-51-49-85-47-45-83-43-41-81-39-37-79-35-33-77-31-29-75-27-25-71)93-66-24-18-22-64(20-16-14-12-10-8-6-4-2)70(66)68(62-74)92-60-58-90-56-54-88-52-50-86-48-46-84-44-42-82-40-38-80-36-34-78-32-30-76-28-26-72/h17-18,21-24,67-68,71-74H,3-16,19-20,25-62H2,1-2H3. The molecule has 23 nitrogen and oxygen atoms in total. The van der Waals surface area contributed by atoms with E-state index in [0.29, 0.717) is 223 Å². The van der Waals surface area contributed by atoms with E-state index in [2.05, 4.69) is 26.0 Å². The summed E-state index contributed by atoms with van der Waals surface area (Å²) >= 11 is 0. The van der Waals surface area contributed by atoms with Crippen molar-refractivity contribution >= 4 is 0 Å². The first-order valence-corrected chi connectivity index (χ1v) is 35.0. The monoisotopic (exact) mass is 1330 g/mol. The zero-order valence-electron chi connectivity index (χ0n) is 57.3. The van der Waals surface area contributed by atoms with E-state index in [1.165, 1.54) is 64.2 Å². The molecule has 0 aliphatic carbocycles. The number of ether oxygens (including phenoxy) is 19. The molecule has 0 heterocycles. The molecule has 0 spiro atoms. The van der Waals surface area contributed by atoms with Crippen molar-refractivity contribution in [1.29, 1.82) is 0 Å². The fourth-order valence-electron chi connectivity index (χ4n) is 9.55. The highest BCUT2D eigenvalue weighted by Crippen LogP contribution is 2.40. The van der Waals surface area contributed by atoms with Gasteiger partial charge in [0, 0.05) is 11.1 Å². The van der Waals surface area contributed by atoms with Gasteiger partial charge in [-0.3, -0.25) is 0 Å². The van der Waals surface area contributed by atoms with Crippen LogP contribution in [0.4, 0.5) is 0 Å². The third-order valence-corrected chi connectivity index (χ3v) is 14.4. The summed E-state index contributed by atoms with van der Waals surface area (Å²) in [7, 11) is 0. The van der Waals surface area contributed by atoms with Crippen molar-refractivity contribution < 1.29 is 110 Å². The third kappa shape index (κ3) is 51.2. The number of rotatable bonds is 76. The molecule has 2 atom stereocenters. The minimum Gasteiger partial charge on any atom is -0.457 e. The van der Waals surface area contributed by atoms with Crippen LogP contribution in [0.2, 0.25) is 0 Å². The van der Waals surface area contributed by atoms with Crippen LogP contribution in [0.15, 0.2) is 36.4 Å². The third-order valence-electron chi connectivity index (χ3n) is 14.4. The first kappa shape index (κ1) is 86.4. The molecule has 0 fully saturated rings. The van der Waals surface area contributed by atoms with Gasteiger partial charge in [0.15, 0.2) is 0 Å². The number of unbranched alkanes of at least 4 members (excludes halogenated alkanes) is 12. The number of hydrogen-bond acceptors (Lipinski definition) is 23. The second kappa shape index (κ2) is 69.3. The second-order valence-corrected chi connectivity index (χ2v) is 21.8. The topological polar surface area (TPSA) is 256 Å². The molecule has 4 N–H and O–H groups in total. The summed E-state index contributed by atoms with van der Waals surface area (Å²) in [4.78, 5) is 0. The van der Waals surface area contributed by atoms with Gasteiger partial charge >= 0.3 is 0 Å². The smallest absolute Gasteiger partial charge is 0.133 e. The summed E-state index contributed by atoms with van der Waals surface area (Å²) in [5.41, 5.74) is 3.74. The van der Waals surface area contributed by atoms with Gasteiger partial charge in [0.2, 0.25) is 0 Å². The molecule has 2 rings (SSSR count). The lowest BCUT2D eigenvalue weighted by atomic mass is 9.95. The fraction of sp³-hybridized carbons (Fsp3) is 0.829. The van der Waals surface area contributed by atoms with Crippen LogP contribution in [-0.4, -0.2) is 271 Å². The van der Waals surface area contributed by atoms with Crippen LogP contribution < -0.4 is 4.74 Å². The molecule has 2 unspecified atom stereocenters. The van der Waals surface area contributed by atoms with Crippen molar-refractivity contribution in [2.24, 2.45) is 0 Å². The molecule has 93 heavy (non-hydrogen) atoms. The van der Waals surface area contributed by atoms with Crippen molar-refractivity contribution in [3.8, 4) is 11.5 Å². The zero-order chi connectivity index (χ0) is 66.5. The molecule has 23 heteroatoms. The maximum Gasteiger partial charge on any atom is 0.133 e. The average Bonchev–Trinajstić information content (AvgIpc) is 0.853. The van der Waals surface area contributed by atoms with E-state index in [9.17, 15) is 10.2 Å². The Hall–Kier alpha value is -2.64. The van der Waals surface area contributed by atoms with Crippen LogP contribution in [0.1, 0.15) is 138 Å². The Morgan fingerprint density at radius 1 is 0.258 bits per heavy atom. The summed E-state index contributed by atoms with van der Waals surface area (Å²) in [6, 6.07) is 12.1. The quantitative estimate of drug-likeness (QED) is 0.0453. The van der Waals surface area contributed by atoms with E-state index >= 15 is 0 Å². The number of aliphatic hydroxyl groups is 4. The van der Waals surface area contributed by atoms with Gasteiger partial charge in [-0.15, -0.1) is 0 Å². The Morgan fingerprint density at radius 2 is 0.473 bits per heavy atom. The maximum atomic E-state index is 11.0. The normalized spacial score (nSPS) is 12.4. The van der Waals surface area contributed by atoms with Crippen LogP contribution in [0, 0.1) is 0 Å². The van der Waals surface area contributed by atoms with Crippen LogP contribution >= 0.6 is 0 Å². The number of aryl methyl sites for hydroxylation is 2. The zero-order valence-corrected chi connectivity index (χ0v) is 57.3. The first-order chi connectivity index (χ1) is 46.1. The van der Waals surface area contributed by atoms with Gasteiger partial charge in [-0.1, -0.05) is 115 Å². The Labute approximate surface area is 558 Å². The van der Waals surface area contributed by atoms with Crippen LogP contribution in [0.3, 0.4) is 0 Å². The molecule has 0 bridgehead atoms. The van der Waals surface area contributed by atoms with E-state index in [-0.39, 0.29) is 39.6 Å². The van der Waals surface area contributed by atoms with Crippen molar-refractivity contribution in [2.45, 2.75) is 129 Å². The van der Waals surface area contributed by atoms with Gasteiger partial charge in [0.1, 0.15) is 23.7 Å².